The first-order valence-electron chi connectivity index (χ1n) is 8.42. The van der Waals surface area contributed by atoms with Crippen LogP contribution in [0.2, 0.25) is 0 Å². The molecule has 0 bridgehead atoms. The minimum Gasteiger partial charge on any atom is -0.376 e. The summed E-state index contributed by atoms with van der Waals surface area (Å²) in [5, 5.41) is 2.87. The number of ether oxygens (including phenoxy) is 1. The van der Waals surface area contributed by atoms with Crippen LogP contribution >= 0.6 is 11.8 Å². The molecule has 24 heavy (non-hydrogen) atoms. The lowest BCUT2D eigenvalue weighted by Gasteiger charge is -2.28. The first-order chi connectivity index (χ1) is 11.6. The minimum atomic E-state index is -0.416. The van der Waals surface area contributed by atoms with E-state index in [0.717, 1.165) is 25.0 Å². The average molecular weight is 348 g/mol. The van der Waals surface area contributed by atoms with Crippen molar-refractivity contribution in [2.75, 3.05) is 18.9 Å². The molecule has 2 saturated heterocycles. The summed E-state index contributed by atoms with van der Waals surface area (Å²) in [6.45, 7) is 4.87. The molecule has 2 heterocycles. The predicted molar refractivity (Wildman–Crippen MR) is 94.7 cm³/mol. The molecule has 5 nitrogen and oxygen atoms in total. The molecule has 1 aromatic rings. The van der Waals surface area contributed by atoms with E-state index in [1.165, 1.54) is 12.5 Å². The van der Waals surface area contributed by atoms with Crippen molar-refractivity contribution in [2.24, 2.45) is 0 Å². The number of hydrogen-bond acceptors (Lipinski definition) is 4. The molecule has 2 aliphatic heterocycles. The van der Waals surface area contributed by atoms with Gasteiger partial charge in [-0.05, 0) is 25.3 Å². The Morgan fingerprint density at radius 2 is 2.08 bits per heavy atom. The maximum Gasteiger partial charge on any atom is 0.243 e. The first kappa shape index (κ1) is 17.3. The fourth-order valence-corrected chi connectivity index (χ4v) is 4.70. The van der Waals surface area contributed by atoms with Crippen molar-refractivity contribution < 1.29 is 14.3 Å². The number of thioether (sulfide) groups is 1. The Morgan fingerprint density at radius 1 is 1.33 bits per heavy atom. The van der Waals surface area contributed by atoms with Crippen LogP contribution in [0.3, 0.4) is 0 Å². The third-order valence-electron chi connectivity index (χ3n) is 4.56. The van der Waals surface area contributed by atoms with Crippen molar-refractivity contribution in [3.63, 3.8) is 0 Å². The van der Waals surface area contributed by atoms with Crippen molar-refractivity contribution in [3.8, 4) is 0 Å². The Kier molecular flexibility index (Phi) is 5.46. The van der Waals surface area contributed by atoms with E-state index in [9.17, 15) is 9.59 Å². The van der Waals surface area contributed by atoms with E-state index < -0.39 is 6.04 Å². The summed E-state index contributed by atoms with van der Waals surface area (Å²) >= 11 is 1.65. The summed E-state index contributed by atoms with van der Waals surface area (Å²) in [4.78, 5) is 26.5. The van der Waals surface area contributed by atoms with Crippen LogP contribution in [0, 0.1) is 6.92 Å². The summed E-state index contributed by atoms with van der Waals surface area (Å²) in [6.07, 6.45) is 2.15. The van der Waals surface area contributed by atoms with Crippen molar-refractivity contribution >= 4 is 23.6 Å². The number of carbonyl (C=O) groups is 2. The zero-order valence-corrected chi connectivity index (χ0v) is 15.0. The highest BCUT2D eigenvalue weighted by Gasteiger charge is 2.40. The van der Waals surface area contributed by atoms with Crippen LogP contribution in [-0.2, 0) is 14.3 Å². The van der Waals surface area contributed by atoms with Gasteiger partial charge in [0.15, 0.2) is 0 Å². The maximum absolute atomic E-state index is 12.6. The van der Waals surface area contributed by atoms with Crippen molar-refractivity contribution in [1.82, 2.24) is 10.2 Å². The average Bonchev–Trinajstić information content (AvgIpc) is 3.22. The van der Waals surface area contributed by atoms with Crippen LogP contribution in [-0.4, -0.2) is 47.8 Å². The Morgan fingerprint density at radius 3 is 2.71 bits per heavy atom. The van der Waals surface area contributed by atoms with Gasteiger partial charge in [-0.25, -0.2) is 0 Å². The fourth-order valence-electron chi connectivity index (χ4n) is 3.22. The molecule has 0 aromatic heterocycles. The Hall–Kier alpha value is -1.53. The lowest BCUT2D eigenvalue weighted by atomic mass is 10.1. The number of amides is 2. The number of rotatable bonds is 4. The van der Waals surface area contributed by atoms with Crippen LogP contribution in [0.5, 0.6) is 0 Å². The molecule has 3 rings (SSSR count). The Labute approximate surface area is 147 Å². The van der Waals surface area contributed by atoms with Gasteiger partial charge in [-0.15, -0.1) is 11.8 Å². The number of carbonyl (C=O) groups excluding carboxylic acids is 2. The summed E-state index contributed by atoms with van der Waals surface area (Å²) < 4.78 is 5.54. The third kappa shape index (κ3) is 3.75. The molecule has 0 saturated carbocycles. The van der Waals surface area contributed by atoms with E-state index in [0.29, 0.717) is 12.3 Å². The smallest absolute Gasteiger partial charge is 0.243 e. The van der Waals surface area contributed by atoms with Crippen molar-refractivity contribution in [1.29, 1.82) is 0 Å². The predicted octanol–water partition coefficient (Wildman–Crippen LogP) is 2.25. The molecule has 2 amide bonds. The molecule has 1 N–H and O–H groups in total. The number of nitrogens with one attached hydrogen (secondary N) is 1. The van der Waals surface area contributed by atoms with E-state index >= 15 is 0 Å². The highest BCUT2D eigenvalue weighted by atomic mass is 32.2. The Balaban J connectivity index is 1.67. The van der Waals surface area contributed by atoms with Gasteiger partial charge >= 0.3 is 0 Å². The number of hydrogen-bond donors (Lipinski definition) is 1. The first-order valence-corrected chi connectivity index (χ1v) is 9.47. The van der Waals surface area contributed by atoms with E-state index in [1.54, 1.807) is 16.7 Å². The summed E-state index contributed by atoms with van der Waals surface area (Å²) in [5.74, 6) is 0.473. The standard InChI is InChI=1S/C18H24N2O3S/c1-12-5-7-14(8-6-12)18-20(13(2)21)16(11-24-18)17(22)19-10-15-4-3-9-23-15/h5-8,15-16,18H,3-4,9-11H2,1-2H3,(H,19,22)/t15-,16-,18-/m0/s1. The van der Waals surface area contributed by atoms with Gasteiger partial charge < -0.3 is 15.0 Å². The summed E-state index contributed by atoms with van der Waals surface area (Å²) in [6, 6.07) is 7.74. The zero-order chi connectivity index (χ0) is 17.1. The highest BCUT2D eigenvalue weighted by Crippen LogP contribution is 2.41. The van der Waals surface area contributed by atoms with Gasteiger partial charge in [-0.2, -0.15) is 0 Å². The second-order valence-electron chi connectivity index (χ2n) is 6.42. The second kappa shape index (κ2) is 7.57. The molecular formula is C18H24N2O3S. The van der Waals surface area contributed by atoms with E-state index in [4.69, 9.17) is 4.74 Å². The summed E-state index contributed by atoms with van der Waals surface area (Å²) in [5.41, 5.74) is 2.25. The molecule has 0 aliphatic carbocycles. The highest BCUT2D eigenvalue weighted by molar-refractivity contribution is 7.99. The van der Waals surface area contributed by atoms with Gasteiger partial charge in [0.25, 0.3) is 0 Å². The SMILES string of the molecule is CC(=O)N1[C@H](C(=O)NC[C@@H]2CCCO2)CS[C@H]1c1ccc(C)cc1. The van der Waals surface area contributed by atoms with Gasteiger partial charge in [0.05, 0.1) is 6.10 Å². The van der Waals surface area contributed by atoms with Crippen LogP contribution in [0.1, 0.15) is 36.3 Å². The van der Waals surface area contributed by atoms with E-state index in [-0.39, 0.29) is 23.3 Å². The van der Waals surface area contributed by atoms with Gasteiger partial charge in [-0.1, -0.05) is 29.8 Å². The molecule has 0 spiro atoms. The van der Waals surface area contributed by atoms with Crippen LogP contribution in [0.25, 0.3) is 0 Å². The molecule has 1 aromatic carbocycles. The normalized spacial score (nSPS) is 26.6. The zero-order valence-electron chi connectivity index (χ0n) is 14.2. The molecule has 2 fully saturated rings. The van der Waals surface area contributed by atoms with Gasteiger partial charge in [0.2, 0.25) is 11.8 Å². The molecule has 3 atom stereocenters. The largest absolute Gasteiger partial charge is 0.376 e. The number of aryl methyl sites for hydroxylation is 1. The molecular weight excluding hydrogens is 324 g/mol. The fraction of sp³-hybridized carbons (Fsp3) is 0.556. The molecule has 0 radical (unpaired) electrons. The topological polar surface area (TPSA) is 58.6 Å². The molecule has 2 aliphatic rings. The number of nitrogens with zero attached hydrogens (tertiary/aromatic N) is 1. The van der Waals surface area contributed by atoms with Gasteiger partial charge in [-0.3, -0.25) is 9.59 Å². The number of benzene rings is 1. The van der Waals surface area contributed by atoms with E-state index in [2.05, 4.69) is 5.32 Å². The molecule has 0 unspecified atom stereocenters. The van der Waals surface area contributed by atoms with Crippen LogP contribution < -0.4 is 5.32 Å². The van der Waals surface area contributed by atoms with Crippen molar-refractivity contribution in [2.45, 2.75) is 44.2 Å². The van der Waals surface area contributed by atoms with Crippen LogP contribution in [0.4, 0.5) is 0 Å². The maximum atomic E-state index is 12.6. The lowest BCUT2D eigenvalue weighted by Crippen LogP contribution is -2.48. The Bertz CT molecular complexity index is 599. The molecule has 6 heteroatoms. The monoisotopic (exact) mass is 348 g/mol. The van der Waals surface area contributed by atoms with Crippen molar-refractivity contribution in [3.05, 3.63) is 35.4 Å². The lowest BCUT2D eigenvalue weighted by molar-refractivity contribution is -0.138. The summed E-state index contributed by atoms with van der Waals surface area (Å²) in [7, 11) is 0. The molecule has 130 valence electrons. The van der Waals surface area contributed by atoms with Gasteiger partial charge in [0, 0.05) is 25.8 Å². The minimum absolute atomic E-state index is 0.0668. The van der Waals surface area contributed by atoms with Gasteiger partial charge in [0.1, 0.15) is 11.4 Å². The van der Waals surface area contributed by atoms with E-state index in [1.807, 2.05) is 31.2 Å². The third-order valence-corrected chi connectivity index (χ3v) is 5.88. The van der Waals surface area contributed by atoms with Crippen LogP contribution in [0.15, 0.2) is 24.3 Å². The second-order valence-corrected chi connectivity index (χ2v) is 7.53. The quantitative estimate of drug-likeness (QED) is 0.907.